The van der Waals surface area contributed by atoms with Gasteiger partial charge in [0.25, 0.3) is 0 Å². The summed E-state index contributed by atoms with van der Waals surface area (Å²) in [5, 5.41) is 14.4. The molecule has 104 valence electrons. The van der Waals surface area contributed by atoms with Crippen LogP contribution in [-0.2, 0) is 0 Å². The number of nitrogens with one attached hydrogen (secondary N) is 3. The van der Waals surface area contributed by atoms with Gasteiger partial charge in [0.1, 0.15) is 0 Å². The van der Waals surface area contributed by atoms with E-state index < -0.39 is 0 Å². The van der Waals surface area contributed by atoms with Crippen LogP contribution in [0, 0.1) is 8.98 Å². The third-order valence-electron chi connectivity index (χ3n) is 2.67. The molecular weight excluding hydrogens is 369 g/mol. The first-order valence-electron chi connectivity index (χ1n) is 6.53. The van der Waals surface area contributed by atoms with Crippen molar-refractivity contribution in [3.8, 4) is 0 Å². The average molecular weight is 389 g/mol. The van der Waals surface area contributed by atoms with Gasteiger partial charge < -0.3 is 10.6 Å². The van der Waals surface area contributed by atoms with E-state index in [1.165, 1.54) is 19.3 Å². The van der Waals surface area contributed by atoms with Gasteiger partial charge in [0.05, 0.1) is 11.5 Å². The molecule has 0 aliphatic rings. The minimum absolute atomic E-state index is 0.486. The highest BCUT2D eigenvalue weighted by molar-refractivity contribution is 14.1. The van der Waals surface area contributed by atoms with Crippen LogP contribution in [0.3, 0.4) is 0 Å². The van der Waals surface area contributed by atoms with Crippen LogP contribution in [0.5, 0.6) is 0 Å². The van der Waals surface area contributed by atoms with Crippen LogP contribution in [0.2, 0.25) is 0 Å². The van der Waals surface area contributed by atoms with E-state index in [4.69, 9.17) is 17.6 Å². The lowest BCUT2D eigenvalue weighted by atomic mass is 10.1. The maximum absolute atomic E-state index is 7.83. The lowest BCUT2D eigenvalue weighted by molar-refractivity contribution is 0.679. The molecule has 3 N–H and O–H groups in total. The van der Waals surface area contributed by atoms with Crippen LogP contribution in [0.4, 0.5) is 5.69 Å². The number of unbranched alkanes of at least 4 members (excludes halogenated alkanes) is 3. The maximum Gasteiger partial charge on any atom is 0.176 e. The number of halogens is 1. The van der Waals surface area contributed by atoms with E-state index in [0.29, 0.717) is 10.9 Å². The number of benzene rings is 1. The van der Waals surface area contributed by atoms with Crippen LogP contribution in [0.15, 0.2) is 24.3 Å². The third-order valence-corrected chi connectivity index (χ3v) is 3.81. The molecule has 0 unspecified atom stereocenters. The van der Waals surface area contributed by atoms with Gasteiger partial charge in [-0.25, -0.2) is 0 Å². The normalized spacial score (nSPS) is 10.0. The van der Waals surface area contributed by atoms with Gasteiger partial charge in [0.15, 0.2) is 5.11 Å². The zero-order valence-corrected chi connectivity index (χ0v) is 14.1. The zero-order chi connectivity index (χ0) is 14.1. The van der Waals surface area contributed by atoms with E-state index in [1.54, 1.807) is 0 Å². The second-order valence-electron chi connectivity index (χ2n) is 4.35. The molecule has 0 saturated carbocycles. The van der Waals surface area contributed by atoms with Crippen LogP contribution in [-0.4, -0.2) is 10.9 Å². The van der Waals surface area contributed by atoms with E-state index in [9.17, 15) is 0 Å². The molecule has 0 heterocycles. The summed E-state index contributed by atoms with van der Waals surface area (Å²) in [5.41, 5.74) is 0.972. The molecular formula is C14H20IN3S. The molecule has 0 bridgehead atoms. The monoisotopic (exact) mass is 389 g/mol. The van der Waals surface area contributed by atoms with Crippen molar-refractivity contribution in [2.24, 2.45) is 0 Å². The lowest BCUT2D eigenvalue weighted by Crippen LogP contribution is -2.33. The summed E-state index contributed by atoms with van der Waals surface area (Å²) >= 11 is 7.46. The minimum atomic E-state index is 0.486. The second kappa shape index (κ2) is 9.25. The fourth-order valence-corrected chi connectivity index (χ4v) is 2.40. The van der Waals surface area contributed by atoms with Crippen molar-refractivity contribution in [2.75, 3.05) is 5.32 Å². The highest BCUT2D eigenvalue weighted by Gasteiger charge is 2.03. The van der Waals surface area contributed by atoms with Crippen LogP contribution >= 0.6 is 34.8 Å². The predicted molar refractivity (Wildman–Crippen MR) is 95.0 cm³/mol. The van der Waals surface area contributed by atoms with Gasteiger partial charge in [0, 0.05) is 9.99 Å². The van der Waals surface area contributed by atoms with Crippen molar-refractivity contribution in [1.82, 2.24) is 5.32 Å². The van der Waals surface area contributed by atoms with E-state index in [2.05, 4.69) is 40.1 Å². The third kappa shape index (κ3) is 6.87. The first kappa shape index (κ1) is 16.4. The summed E-state index contributed by atoms with van der Waals surface area (Å²) in [6.45, 7) is 2.18. The molecule has 0 atom stereocenters. The zero-order valence-electron chi connectivity index (χ0n) is 11.1. The Morgan fingerprint density at radius 2 is 2.00 bits per heavy atom. The fraction of sp³-hybridized carbons (Fsp3) is 0.429. The van der Waals surface area contributed by atoms with Crippen LogP contribution in [0.25, 0.3) is 0 Å². The number of amidine groups is 1. The SMILES string of the molecule is CCCCCCC(=N)NC(=S)Nc1ccccc1I. The summed E-state index contributed by atoms with van der Waals surface area (Å²) in [6.07, 6.45) is 5.43. The second-order valence-corrected chi connectivity index (χ2v) is 5.92. The van der Waals surface area contributed by atoms with Gasteiger partial charge in [0.2, 0.25) is 0 Å². The van der Waals surface area contributed by atoms with E-state index in [0.717, 1.165) is 22.1 Å². The van der Waals surface area contributed by atoms with E-state index in [1.807, 2.05) is 24.3 Å². The predicted octanol–water partition coefficient (Wildman–Crippen LogP) is 4.53. The van der Waals surface area contributed by atoms with Gasteiger partial charge in [-0.2, -0.15) is 0 Å². The molecule has 0 radical (unpaired) electrons. The molecule has 0 aromatic heterocycles. The molecule has 19 heavy (non-hydrogen) atoms. The summed E-state index contributed by atoms with van der Waals surface area (Å²) in [5.74, 6) is 0.486. The van der Waals surface area contributed by atoms with E-state index in [-0.39, 0.29) is 0 Å². The van der Waals surface area contributed by atoms with E-state index >= 15 is 0 Å². The Bertz CT molecular complexity index is 434. The van der Waals surface area contributed by atoms with Crippen molar-refractivity contribution in [2.45, 2.75) is 39.0 Å². The first-order valence-corrected chi connectivity index (χ1v) is 8.02. The van der Waals surface area contributed by atoms with Crippen molar-refractivity contribution in [3.63, 3.8) is 0 Å². The molecule has 0 aliphatic carbocycles. The summed E-state index contributed by atoms with van der Waals surface area (Å²) < 4.78 is 1.11. The number of thiocarbonyl (C=S) groups is 1. The molecule has 0 amide bonds. The molecule has 0 saturated heterocycles. The Morgan fingerprint density at radius 3 is 2.68 bits per heavy atom. The Kier molecular flexibility index (Phi) is 7.97. The lowest BCUT2D eigenvalue weighted by Gasteiger charge is -2.12. The Hall–Kier alpha value is -0.690. The van der Waals surface area contributed by atoms with Gasteiger partial charge >= 0.3 is 0 Å². The Balaban J connectivity index is 2.31. The molecule has 0 fully saturated rings. The van der Waals surface area contributed by atoms with Gasteiger partial charge in [-0.1, -0.05) is 38.3 Å². The highest BCUT2D eigenvalue weighted by atomic mass is 127. The number of hydrogen-bond acceptors (Lipinski definition) is 2. The Morgan fingerprint density at radius 1 is 1.26 bits per heavy atom. The number of hydrogen-bond donors (Lipinski definition) is 3. The number of para-hydroxylation sites is 1. The molecule has 0 aliphatic heterocycles. The molecule has 0 spiro atoms. The topological polar surface area (TPSA) is 47.9 Å². The minimum Gasteiger partial charge on any atom is -0.332 e. The Labute approximate surface area is 134 Å². The van der Waals surface area contributed by atoms with Crippen molar-refractivity contribution in [1.29, 1.82) is 5.41 Å². The van der Waals surface area contributed by atoms with Gasteiger partial charge in [-0.05, 0) is 53.4 Å². The summed E-state index contributed by atoms with van der Waals surface area (Å²) in [4.78, 5) is 0. The molecule has 1 aromatic carbocycles. The quantitative estimate of drug-likeness (QED) is 0.220. The fourth-order valence-electron chi connectivity index (χ4n) is 1.64. The maximum atomic E-state index is 7.83. The van der Waals surface area contributed by atoms with Crippen LogP contribution < -0.4 is 10.6 Å². The number of rotatable bonds is 6. The van der Waals surface area contributed by atoms with Crippen molar-refractivity contribution in [3.05, 3.63) is 27.8 Å². The molecule has 1 rings (SSSR count). The highest BCUT2D eigenvalue weighted by Crippen LogP contribution is 2.16. The smallest absolute Gasteiger partial charge is 0.176 e. The van der Waals surface area contributed by atoms with Crippen molar-refractivity contribution < 1.29 is 0 Å². The van der Waals surface area contributed by atoms with Gasteiger partial charge in [-0.15, -0.1) is 0 Å². The van der Waals surface area contributed by atoms with Gasteiger partial charge in [-0.3, -0.25) is 5.41 Å². The van der Waals surface area contributed by atoms with Crippen LogP contribution in [0.1, 0.15) is 39.0 Å². The standard InChI is InChI=1S/C14H20IN3S/c1-2-3-4-5-10-13(16)18-14(19)17-12-9-7-6-8-11(12)15/h6-9H,2-5,10H2,1H3,(H3,16,17,18,19). The number of anilines is 1. The average Bonchev–Trinajstić information content (AvgIpc) is 2.37. The molecule has 1 aromatic rings. The molecule has 3 nitrogen and oxygen atoms in total. The largest absolute Gasteiger partial charge is 0.332 e. The molecule has 5 heteroatoms. The summed E-state index contributed by atoms with van der Waals surface area (Å²) in [6, 6.07) is 7.94. The van der Waals surface area contributed by atoms with Crippen molar-refractivity contribution >= 4 is 51.4 Å². The summed E-state index contributed by atoms with van der Waals surface area (Å²) in [7, 11) is 0. The first-order chi connectivity index (χ1) is 9.13.